The van der Waals surface area contributed by atoms with Crippen LogP contribution in [0.25, 0.3) is 22.4 Å². The van der Waals surface area contributed by atoms with E-state index >= 15 is 0 Å². The van der Waals surface area contributed by atoms with Crippen LogP contribution in [-0.2, 0) is 17.8 Å². The molecule has 0 saturated heterocycles. The fourth-order valence-electron chi connectivity index (χ4n) is 3.42. The first-order chi connectivity index (χ1) is 15.1. The van der Waals surface area contributed by atoms with Gasteiger partial charge in [0.25, 0.3) is 11.3 Å². The Morgan fingerprint density at radius 3 is 2.65 bits per heavy atom. The Hall–Kier alpha value is -3.74. The Bertz CT molecular complexity index is 1230. The van der Waals surface area contributed by atoms with Gasteiger partial charge in [0.1, 0.15) is 17.4 Å². The lowest BCUT2D eigenvalue weighted by atomic mass is 10.1. The molecule has 0 aliphatic rings. The van der Waals surface area contributed by atoms with E-state index in [0.29, 0.717) is 17.6 Å². The van der Waals surface area contributed by atoms with Crippen molar-refractivity contribution >= 4 is 17.0 Å². The molecule has 0 unspecified atom stereocenters. The first-order valence-corrected chi connectivity index (χ1v) is 10.3. The summed E-state index contributed by atoms with van der Waals surface area (Å²) in [4.78, 5) is 29.4. The second kappa shape index (κ2) is 9.38. The molecule has 2 aromatic heterocycles. The van der Waals surface area contributed by atoms with Gasteiger partial charge in [0.15, 0.2) is 0 Å². The Balaban J connectivity index is 1.38. The average molecular weight is 416 g/mol. The molecule has 7 nitrogen and oxygen atoms in total. The number of aryl methyl sites for hydroxylation is 3. The van der Waals surface area contributed by atoms with Crippen LogP contribution in [0.1, 0.15) is 24.0 Å². The minimum absolute atomic E-state index is 0.0934. The number of carbonyl (C=O) groups is 1. The summed E-state index contributed by atoms with van der Waals surface area (Å²) in [6.45, 7) is 2.83. The Labute approximate surface area is 179 Å². The van der Waals surface area contributed by atoms with Gasteiger partial charge in [0.05, 0.1) is 0 Å². The summed E-state index contributed by atoms with van der Waals surface area (Å²) in [5, 5.41) is 7.28. The molecule has 0 atom stereocenters. The lowest BCUT2D eigenvalue weighted by molar-refractivity contribution is -0.121. The molecule has 0 bridgehead atoms. The predicted octanol–water partition coefficient (Wildman–Crippen LogP) is 3.50. The Morgan fingerprint density at radius 1 is 1.10 bits per heavy atom. The van der Waals surface area contributed by atoms with E-state index in [1.807, 2.05) is 49.4 Å². The highest BCUT2D eigenvalue weighted by molar-refractivity contribution is 5.88. The minimum atomic E-state index is -0.265. The zero-order valence-corrected chi connectivity index (χ0v) is 17.4. The van der Waals surface area contributed by atoms with E-state index in [9.17, 15) is 9.59 Å². The van der Waals surface area contributed by atoms with Gasteiger partial charge in [-0.05, 0) is 25.3 Å². The highest BCUT2D eigenvalue weighted by atomic mass is 16.5. The van der Waals surface area contributed by atoms with E-state index in [4.69, 9.17) is 4.52 Å². The maximum Gasteiger partial charge on any atom is 0.266 e. The smallest absolute Gasteiger partial charge is 0.266 e. The topological polar surface area (TPSA) is 90.0 Å². The van der Waals surface area contributed by atoms with Gasteiger partial charge in [-0.2, -0.15) is 0 Å². The zero-order valence-electron chi connectivity index (χ0n) is 17.4. The first kappa shape index (κ1) is 20.5. The van der Waals surface area contributed by atoms with Crippen LogP contribution in [0.2, 0.25) is 0 Å². The fourth-order valence-corrected chi connectivity index (χ4v) is 3.42. The summed E-state index contributed by atoms with van der Waals surface area (Å²) in [5.74, 6) is -0.0934. The average Bonchev–Trinajstić information content (AvgIpc) is 3.22. The third kappa shape index (κ3) is 4.88. The van der Waals surface area contributed by atoms with Crippen LogP contribution in [0, 0.1) is 6.92 Å². The molecule has 158 valence electrons. The lowest BCUT2D eigenvalue weighted by Gasteiger charge is -2.07. The molecule has 4 aromatic rings. The molecule has 1 N–H and O–H groups in total. The Morgan fingerprint density at radius 2 is 1.87 bits per heavy atom. The number of aromatic nitrogens is 3. The van der Waals surface area contributed by atoms with Crippen LogP contribution in [0.3, 0.4) is 0 Å². The quantitative estimate of drug-likeness (QED) is 0.444. The van der Waals surface area contributed by atoms with Crippen molar-refractivity contribution in [3.8, 4) is 11.3 Å². The molecule has 7 heteroatoms. The number of nitrogens with one attached hydrogen (secondary N) is 1. The van der Waals surface area contributed by atoms with Gasteiger partial charge in [0.2, 0.25) is 5.91 Å². The third-order valence-electron chi connectivity index (χ3n) is 5.18. The summed E-state index contributed by atoms with van der Waals surface area (Å²) >= 11 is 0. The van der Waals surface area contributed by atoms with Gasteiger partial charge in [-0.25, -0.2) is 4.98 Å². The summed E-state index contributed by atoms with van der Waals surface area (Å²) in [6.07, 6.45) is 3.38. The van der Waals surface area contributed by atoms with Gasteiger partial charge in [-0.1, -0.05) is 65.3 Å². The fraction of sp³-hybridized carbons (Fsp3) is 0.250. The lowest BCUT2D eigenvalue weighted by Crippen LogP contribution is -2.28. The summed E-state index contributed by atoms with van der Waals surface area (Å²) in [7, 11) is 0. The number of nitrogens with zero attached hydrogens (tertiary/aromatic N) is 3. The number of hydrogen-bond donors (Lipinski definition) is 1. The van der Waals surface area contributed by atoms with Crippen molar-refractivity contribution < 1.29 is 9.32 Å². The molecule has 0 spiro atoms. The van der Waals surface area contributed by atoms with Gasteiger partial charge < -0.3 is 9.84 Å². The summed E-state index contributed by atoms with van der Waals surface area (Å²) < 4.78 is 6.67. The zero-order chi connectivity index (χ0) is 21.6. The molecule has 31 heavy (non-hydrogen) atoms. The SMILES string of the molecule is Cc1ccc(-c2noc3ncn(CCC(=O)NCCCc4ccccc4)c(=O)c23)cc1. The van der Waals surface area contributed by atoms with E-state index in [-0.39, 0.29) is 30.1 Å². The predicted molar refractivity (Wildman–Crippen MR) is 119 cm³/mol. The summed E-state index contributed by atoms with van der Waals surface area (Å²) in [6, 6.07) is 17.9. The molecule has 0 aliphatic heterocycles. The van der Waals surface area contributed by atoms with Crippen LogP contribution in [-0.4, -0.2) is 27.2 Å². The van der Waals surface area contributed by atoms with Crippen molar-refractivity contribution in [3.05, 3.63) is 82.4 Å². The molecule has 0 saturated carbocycles. The van der Waals surface area contributed by atoms with Crippen LogP contribution >= 0.6 is 0 Å². The maximum atomic E-state index is 13.0. The van der Waals surface area contributed by atoms with Crippen LogP contribution in [0.4, 0.5) is 0 Å². The summed E-state index contributed by atoms with van der Waals surface area (Å²) in [5.41, 5.74) is 3.55. The molecule has 0 aliphatic carbocycles. The number of benzene rings is 2. The van der Waals surface area contributed by atoms with Gasteiger partial charge in [-0.15, -0.1) is 0 Å². The van der Waals surface area contributed by atoms with Crippen molar-refractivity contribution in [3.63, 3.8) is 0 Å². The van der Waals surface area contributed by atoms with Crippen molar-refractivity contribution in [1.29, 1.82) is 0 Å². The van der Waals surface area contributed by atoms with Crippen LogP contribution < -0.4 is 10.9 Å². The number of rotatable bonds is 8. The van der Waals surface area contributed by atoms with Crippen molar-refractivity contribution in [2.45, 2.75) is 32.7 Å². The molecule has 0 radical (unpaired) electrons. The van der Waals surface area contributed by atoms with Crippen molar-refractivity contribution in [2.75, 3.05) is 6.54 Å². The normalized spacial score (nSPS) is 11.0. The van der Waals surface area contributed by atoms with E-state index in [1.165, 1.54) is 16.5 Å². The highest BCUT2D eigenvalue weighted by Crippen LogP contribution is 2.24. The van der Waals surface area contributed by atoms with E-state index in [1.54, 1.807) is 0 Å². The van der Waals surface area contributed by atoms with Crippen molar-refractivity contribution in [1.82, 2.24) is 20.0 Å². The van der Waals surface area contributed by atoms with Crippen LogP contribution in [0.15, 0.2) is 70.2 Å². The monoisotopic (exact) mass is 416 g/mol. The Kier molecular flexibility index (Phi) is 6.21. The first-order valence-electron chi connectivity index (χ1n) is 10.3. The molecule has 4 rings (SSSR count). The second-order valence-corrected chi connectivity index (χ2v) is 7.51. The van der Waals surface area contributed by atoms with Gasteiger partial charge in [0, 0.05) is 25.1 Å². The van der Waals surface area contributed by atoms with E-state index in [0.717, 1.165) is 24.0 Å². The molecule has 1 amide bonds. The molecule has 2 aromatic carbocycles. The molecular formula is C24H24N4O3. The molecule has 2 heterocycles. The number of carbonyl (C=O) groups excluding carboxylic acids is 1. The number of hydrogen-bond acceptors (Lipinski definition) is 5. The highest BCUT2D eigenvalue weighted by Gasteiger charge is 2.17. The largest absolute Gasteiger partial charge is 0.356 e. The number of amides is 1. The van der Waals surface area contributed by atoms with Crippen LogP contribution in [0.5, 0.6) is 0 Å². The standard InChI is InChI=1S/C24H24N4O3/c1-17-9-11-19(12-10-17)22-21-23(31-27-22)26-16-28(24(21)30)15-13-20(29)25-14-5-8-18-6-3-2-4-7-18/h2-4,6-7,9-12,16H,5,8,13-15H2,1H3,(H,25,29). The van der Waals surface area contributed by atoms with E-state index in [2.05, 4.69) is 27.6 Å². The third-order valence-corrected chi connectivity index (χ3v) is 5.18. The van der Waals surface area contributed by atoms with Gasteiger partial charge >= 0.3 is 0 Å². The number of fused-ring (bicyclic) bond motifs is 1. The molecular weight excluding hydrogens is 392 g/mol. The second-order valence-electron chi connectivity index (χ2n) is 7.51. The van der Waals surface area contributed by atoms with E-state index < -0.39 is 0 Å². The minimum Gasteiger partial charge on any atom is -0.356 e. The molecule has 0 fully saturated rings. The van der Waals surface area contributed by atoms with Gasteiger partial charge in [-0.3, -0.25) is 14.2 Å². The van der Waals surface area contributed by atoms with Crippen molar-refractivity contribution in [2.24, 2.45) is 0 Å². The maximum absolute atomic E-state index is 13.0.